The van der Waals surface area contributed by atoms with Gasteiger partial charge in [-0.3, -0.25) is 4.79 Å². The lowest BCUT2D eigenvalue weighted by Gasteiger charge is -2.27. The number of hydrogen-bond donors (Lipinski definition) is 0. The Kier molecular flexibility index (Phi) is 7.17. The Morgan fingerprint density at radius 2 is 1.94 bits per heavy atom. The molecule has 2 aromatic rings. The van der Waals surface area contributed by atoms with E-state index in [2.05, 4.69) is 6.58 Å². The van der Waals surface area contributed by atoms with Gasteiger partial charge in [-0.15, -0.1) is 0 Å². The number of hydrogen-bond acceptors (Lipinski definition) is 4. The fourth-order valence-corrected chi connectivity index (χ4v) is 4.21. The molecule has 1 aliphatic rings. The molecule has 33 heavy (non-hydrogen) atoms. The van der Waals surface area contributed by atoms with Gasteiger partial charge in [0, 0.05) is 16.6 Å². The fourth-order valence-electron chi connectivity index (χ4n) is 4.04. The minimum absolute atomic E-state index is 0.123. The van der Waals surface area contributed by atoms with Crippen LogP contribution >= 0.6 is 11.6 Å². The molecule has 0 N–H and O–H groups in total. The molecule has 1 heterocycles. The predicted molar refractivity (Wildman–Crippen MR) is 126 cm³/mol. The van der Waals surface area contributed by atoms with Gasteiger partial charge < -0.3 is 9.47 Å². The number of ether oxygens (including phenoxy) is 2. The number of nitrogens with zero attached hydrogens (tertiary/aromatic N) is 1. The van der Waals surface area contributed by atoms with Crippen molar-refractivity contribution in [3.63, 3.8) is 0 Å². The second-order valence-electron chi connectivity index (χ2n) is 9.58. The van der Waals surface area contributed by atoms with E-state index in [1.807, 2.05) is 12.1 Å². The average Bonchev–Trinajstić information content (AvgIpc) is 2.98. The van der Waals surface area contributed by atoms with E-state index in [4.69, 9.17) is 21.1 Å². The molecule has 0 spiro atoms. The standard InChI is InChI=1S/C26H29ClFNO4/c1-6-32-16-26(5)15-20(29(23(26)30)24(31)33-25(2,3)4)13-17-7-9-18(10-8-17)21-14-19(27)11-12-22(21)28/h6-12,14,20H,1,13,15-16H2,2-5H3. The first kappa shape index (κ1) is 24.8. The van der Waals surface area contributed by atoms with Crippen LogP contribution in [0.15, 0.2) is 55.3 Å². The highest BCUT2D eigenvalue weighted by molar-refractivity contribution is 6.30. The van der Waals surface area contributed by atoms with Crippen LogP contribution < -0.4 is 0 Å². The molecular weight excluding hydrogens is 445 g/mol. The van der Waals surface area contributed by atoms with Gasteiger partial charge in [0.25, 0.3) is 0 Å². The zero-order valence-electron chi connectivity index (χ0n) is 19.4. The molecule has 7 heteroatoms. The molecule has 0 aromatic heterocycles. The van der Waals surface area contributed by atoms with Gasteiger partial charge in [0.05, 0.1) is 11.7 Å². The number of rotatable bonds is 6. The largest absolute Gasteiger partial charge is 0.501 e. The number of carbonyl (C=O) groups is 2. The van der Waals surface area contributed by atoms with Crippen LogP contribution in [0.5, 0.6) is 0 Å². The molecule has 0 bridgehead atoms. The van der Waals surface area contributed by atoms with E-state index in [1.165, 1.54) is 23.3 Å². The summed E-state index contributed by atoms with van der Waals surface area (Å²) in [5.74, 6) is -0.691. The number of likely N-dealkylation sites (tertiary alicyclic amines) is 1. The molecule has 5 nitrogen and oxygen atoms in total. The average molecular weight is 474 g/mol. The fraction of sp³-hybridized carbons (Fsp3) is 0.385. The predicted octanol–water partition coefficient (Wildman–Crippen LogP) is 6.39. The minimum atomic E-state index is -0.875. The van der Waals surface area contributed by atoms with Crippen molar-refractivity contribution in [1.82, 2.24) is 4.90 Å². The normalized spacial score (nSPS) is 20.6. The van der Waals surface area contributed by atoms with Gasteiger partial charge in [0.1, 0.15) is 18.0 Å². The van der Waals surface area contributed by atoms with Gasteiger partial charge in [-0.05, 0) is 69.9 Å². The molecule has 3 rings (SSSR count). The first-order chi connectivity index (χ1) is 15.4. The zero-order valence-corrected chi connectivity index (χ0v) is 20.1. The number of imide groups is 1. The van der Waals surface area contributed by atoms with Gasteiger partial charge in [-0.25, -0.2) is 14.1 Å². The summed E-state index contributed by atoms with van der Waals surface area (Å²) in [6.45, 7) is 10.7. The molecule has 0 radical (unpaired) electrons. The molecule has 0 aliphatic carbocycles. The maximum Gasteiger partial charge on any atom is 0.417 e. The third-order valence-corrected chi connectivity index (χ3v) is 5.80. The number of carbonyl (C=O) groups excluding carboxylic acids is 2. The summed E-state index contributed by atoms with van der Waals surface area (Å²) in [5, 5.41) is 0.453. The van der Waals surface area contributed by atoms with E-state index in [0.717, 1.165) is 5.56 Å². The number of amides is 2. The molecule has 2 amide bonds. The van der Waals surface area contributed by atoms with Gasteiger partial charge in [-0.2, -0.15) is 0 Å². The van der Waals surface area contributed by atoms with E-state index < -0.39 is 23.2 Å². The van der Waals surface area contributed by atoms with Gasteiger partial charge in [-0.1, -0.05) is 42.4 Å². The van der Waals surface area contributed by atoms with Crippen molar-refractivity contribution in [1.29, 1.82) is 0 Å². The summed E-state index contributed by atoms with van der Waals surface area (Å²) >= 11 is 6.02. The maximum absolute atomic E-state index is 14.2. The second-order valence-corrected chi connectivity index (χ2v) is 10.0. The van der Waals surface area contributed by atoms with Crippen molar-refractivity contribution in [2.45, 2.75) is 52.2 Å². The third-order valence-electron chi connectivity index (χ3n) is 5.56. The zero-order chi connectivity index (χ0) is 24.4. The lowest BCUT2D eigenvalue weighted by atomic mass is 9.86. The molecule has 2 atom stereocenters. The first-order valence-corrected chi connectivity index (χ1v) is 11.1. The summed E-state index contributed by atoms with van der Waals surface area (Å²) in [6, 6.07) is 11.4. The molecule has 2 aromatic carbocycles. The van der Waals surface area contributed by atoms with E-state index in [1.54, 1.807) is 45.9 Å². The van der Waals surface area contributed by atoms with Crippen molar-refractivity contribution in [2.24, 2.45) is 5.41 Å². The highest BCUT2D eigenvalue weighted by atomic mass is 35.5. The van der Waals surface area contributed by atoms with E-state index in [-0.39, 0.29) is 18.3 Å². The molecule has 1 fully saturated rings. The van der Waals surface area contributed by atoms with E-state index >= 15 is 0 Å². The lowest BCUT2D eigenvalue weighted by Crippen LogP contribution is -2.45. The summed E-state index contributed by atoms with van der Waals surface area (Å²) in [5.41, 5.74) is 0.395. The van der Waals surface area contributed by atoms with Crippen LogP contribution in [-0.4, -0.2) is 35.2 Å². The quantitative estimate of drug-likeness (QED) is 0.456. The van der Waals surface area contributed by atoms with Crippen molar-refractivity contribution in [3.05, 3.63) is 71.7 Å². The van der Waals surface area contributed by atoms with Crippen molar-refractivity contribution < 1.29 is 23.5 Å². The molecule has 176 valence electrons. The van der Waals surface area contributed by atoms with Crippen LogP contribution in [0.2, 0.25) is 5.02 Å². The van der Waals surface area contributed by atoms with Crippen molar-refractivity contribution in [2.75, 3.05) is 6.61 Å². The number of benzene rings is 2. The molecule has 1 aliphatic heterocycles. The second kappa shape index (κ2) is 9.56. The topological polar surface area (TPSA) is 55.8 Å². The number of halogens is 2. The van der Waals surface area contributed by atoms with Crippen LogP contribution in [0.1, 0.15) is 39.7 Å². The van der Waals surface area contributed by atoms with Crippen LogP contribution in [0.25, 0.3) is 11.1 Å². The Morgan fingerprint density at radius 1 is 1.27 bits per heavy atom. The van der Waals surface area contributed by atoms with Gasteiger partial charge in [0.2, 0.25) is 5.91 Å². The van der Waals surface area contributed by atoms with Gasteiger partial charge in [0.15, 0.2) is 0 Å². The Labute approximate surface area is 199 Å². The Balaban J connectivity index is 1.85. The van der Waals surface area contributed by atoms with E-state index in [0.29, 0.717) is 29.0 Å². The SMILES string of the molecule is C=COCC1(C)CC(Cc2ccc(-c3cc(Cl)ccc3F)cc2)N(C(=O)OC(C)(C)C)C1=O. The lowest BCUT2D eigenvalue weighted by molar-refractivity contribution is -0.137. The van der Waals surface area contributed by atoms with Crippen molar-refractivity contribution >= 4 is 23.6 Å². The molecule has 0 saturated carbocycles. The van der Waals surface area contributed by atoms with Gasteiger partial charge >= 0.3 is 6.09 Å². The first-order valence-electron chi connectivity index (χ1n) is 10.8. The third kappa shape index (κ3) is 5.74. The van der Waals surface area contributed by atoms with Crippen LogP contribution in [-0.2, 0) is 20.7 Å². The molecule has 1 saturated heterocycles. The smallest absolute Gasteiger partial charge is 0.417 e. The summed E-state index contributed by atoms with van der Waals surface area (Å²) in [6.07, 6.45) is 1.48. The van der Waals surface area contributed by atoms with Crippen LogP contribution in [0.3, 0.4) is 0 Å². The highest BCUT2D eigenvalue weighted by Crippen LogP contribution is 2.39. The highest BCUT2D eigenvalue weighted by Gasteiger charge is 2.52. The summed E-state index contributed by atoms with van der Waals surface area (Å²) in [7, 11) is 0. The Morgan fingerprint density at radius 3 is 2.55 bits per heavy atom. The Hall–Kier alpha value is -2.86. The summed E-state index contributed by atoms with van der Waals surface area (Å²) < 4.78 is 25.0. The monoisotopic (exact) mass is 473 g/mol. The minimum Gasteiger partial charge on any atom is -0.501 e. The van der Waals surface area contributed by atoms with Crippen LogP contribution in [0.4, 0.5) is 9.18 Å². The molecular formula is C26H29ClFNO4. The Bertz CT molecular complexity index is 1050. The van der Waals surface area contributed by atoms with Crippen molar-refractivity contribution in [3.8, 4) is 11.1 Å². The maximum atomic E-state index is 14.2. The van der Waals surface area contributed by atoms with Crippen LogP contribution in [0, 0.1) is 11.2 Å². The molecule has 2 unspecified atom stereocenters. The van der Waals surface area contributed by atoms with E-state index in [9.17, 15) is 14.0 Å². The summed E-state index contributed by atoms with van der Waals surface area (Å²) in [4.78, 5) is 27.3.